The number of hydrazone groups is 1. The molecule has 3 rings (SSSR count). The maximum Gasteiger partial charge on any atom is 0.273 e. The van der Waals surface area contributed by atoms with Gasteiger partial charge in [0.1, 0.15) is 4.21 Å². The molecule has 3 aromatic rings. The number of carbonyl (C=O) groups excluding carboxylic acids is 1. The van der Waals surface area contributed by atoms with E-state index in [9.17, 15) is 13.2 Å². The molecule has 144 valence electrons. The van der Waals surface area contributed by atoms with Crippen molar-refractivity contribution in [2.45, 2.75) is 18.1 Å². The number of amides is 1. The number of carbonyl (C=O) groups is 1. The van der Waals surface area contributed by atoms with Gasteiger partial charge in [0.2, 0.25) is 0 Å². The molecule has 0 atom stereocenters. The summed E-state index contributed by atoms with van der Waals surface area (Å²) < 4.78 is 27.6. The first-order valence-corrected chi connectivity index (χ1v) is 10.8. The van der Waals surface area contributed by atoms with Crippen LogP contribution in [0.3, 0.4) is 0 Å². The molecule has 1 heterocycles. The molecule has 0 aliphatic rings. The minimum absolute atomic E-state index is 0.177. The van der Waals surface area contributed by atoms with E-state index in [1.165, 1.54) is 12.1 Å². The number of sulfonamides is 1. The second kappa shape index (κ2) is 8.37. The lowest BCUT2D eigenvalue weighted by Gasteiger charge is -2.11. The van der Waals surface area contributed by atoms with Gasteiger partial charge in [0.05, 0.1) is 17.0 Å². The Morgan fingerprint density at radius 3 is 2.39 bits per heavy atom. The minimum Gasteiger partial charge on any atom is -0.278 e. The SMILES string of the molecule is CC(=NNC(=O)c1ccccc1NS(=O)(=O)c1cccs1)c1ccc(C)cc1. The number of nitrogens with zero attached hydrogens (tertiary/aromatic N) is 1. The van der Waals surface area contributed by atoms with E-state index in [1.807, 2.05) is 31.2 Å². The molecule has 1 amide bonds. The highest BCUT2D eigenvalue weighted by molar-refractivity contribution is 7.94. The highest BCUT2D eigenvalue weighted by Crippen LogP contribution is 2.22. The summed E-state index contributed by atoms with van der Waals surface area (Å²) in [6.45, 7) is 3.78. The molecular weight excluding hydrogens is 394 g/mol. The highest BCUT2D eigenvalue weighted by atomic mass is 32.2. The Balaban J connectivity index is 1.79. The topological polar surface area (TPSA) is 87.6 Å². The van der Waals surface area contributed by atoms with Crippen LogP contribution >= 0.6 is 11.3 Å². The van der Waals surface area contributed by atoms with E-state index in [2.05, 4.69) is 15.2 Å². The summed E-state index contributed by atoms with van der Waals surface area (Å²) in [6.07, 6.45) is 0. The molecule has 0 aliphatic heterocycles. The molecule has 2 aromatic carbocycles. The number of hydrogen-bond donors (Lipinski definition) is 2. The molecule has 0 spiro atoms. The summed E-state index contributed by atoms with van der Waals surface area (Å²) in [5.74, 6) is -0.504. The van der Waals surface area contributed by atoms with E-state index in [-0.39, 0.29) is 15.5 Å². The molecular formula is C20H19N3O3S2. The zero-order valence-electron chi connectivity index (χ0n) is 15.3. The van der Waals surface area contributed by atoms with Gasteiger partial charge in [-0.15, -0.1) is 11.3 Å². The van der Waals surface area contributed by atoms with Crippen LogP contribution in [0.4, 0.5) is 5.69 Å². The molecule has 0 saturated heterocycles. The average Bonchev–Trinajstić information content (AvgIpc) is 3.22. The van der Waals surface area contributed by atoms with Crippen molar-refractivity contribution in [2.24, 2.45) is 5.10 Å². The summed E-state index contributed by atoms with van der Waals surface area (Å²) in [5, 5.41) is 5.81. The van der Waals surface area contributed by atoms with Crippen molar-refractivity contribution in [1.29, 1.82) is 0 Å². The third-order valence-corrected chi connectivity index (χ3v) is 6.73. The van der Waals surface area contributed by atoms with Crippen LogP contribution in [0.25, 0.3) is 0 Å². The van der Waals surface area contributed by atoms with Gasteiger partial charge in [-0.05, 0) is 43.0 Å². The summed E-state index contributed by atoms with van der Waals surface area (Å²) in [7, 11) is -3.75. The Morgan fingerprint density at radius 2 is 1.71 bits per heavy atom. The molecule has 0 aliphatic carbocycles. The standard InChI is InChI=1S/C20H19N3O3S2/c1-14-9-11-16(12-10-14)15(2)21-22-20(24)17-6-3-4-7-18(17)23-28(25,26)19-8-5-13-27-19/h3-13,23H,1-2H3,(H,22,24). The second-order valence-electron chi connectivity index (χ2n) is 6.09. The van der Waals surface area contributed by atoms with Crippen LogP contribution in [0, 0.1) is 6.92 Å². The second-order valence-corrected chi connectivity index (χ2v) is 8.94. The van der Waals surface area contributed by atoms with Crippen LogP contribution in [-0.2, 0) is 10.0 Å². The van der Waals surface area contributed by atoms with E-state index in [4.69, 9.17) is 0 Å². The van der Waals surface area contributed by atoms with E-state index < -0.39 is 15.9 Å². The maximum absolute atomic E-state index is 12.6. The normalized spacial score (nSPS) is 11.9. The largest absolute Gasteiger partial charge is 0.278 e. The highest BCUT2D eigenvalue weighted by Gasteiger charge is 2.19. The summed E-state index contributed by atoms with van der Waals surface area (Å²) in [4.78, 5) is 12.6. The lowest BCUT2D eigenvalue weighted by Crippen LogP contribution is -2.22. The molecule has 0 bridgehead atoms. The Kier molecular flexibility index (Phi) is 5.91. The van der Waals surface area contributed by atoms with Crippen LogP contribution in [0.2, 0.25) is 0 Å². The summed E-state index contributed by atoms with van der Waals surface area (Å²) in [6, 6.07) is 17.3. The van der Waals surface area contributed by atoms with E-state index in [0.717, 1.165) is 22.5 Å². The van der Waals surface area contributed by atoms with Crippen molar-refractivity contribution in [3.63, 3.8) is 0 Å². The number of thiophene rings is 1. The molecule has 28 heavy (non-hydrogen) atoms. The maximum atomic E-state index is 12.6. The fraction of sp³-hybridized carbons (Fsp3) is 0.100. The number of aryl methyl sites for hydroxylation is 1. The quantitative estimate of drug-likeness (QED) is 0.473. The summed E-state index contributed by atoms with van der Waals surface area (Å²) in [5.41, 5.74) is 5.53. The van der Waals surface area contributed by atoms with Crippen molar-refractivity contribution in [3.8, 4) is 0 Å². The molecule has 8 heteroatoms. The van der Waals surface area contributed by atoms with Gasteiger partial charge in [0.25, 0.3) is 15.9 Å². The zero-order valence-corrected chi connectivity index (χ0v) is 17.0. The first-order chi connectivity index (χ1) is 13.4. The fourth-order valence-corrected chi connectivity index (χ4v) is 4.51. The first kappa shape index (κ1) is 19.8. The van der Waals surface area contributed by atoms with Gasteiger partial charge >= 0.3 is 0 Å². The van der Waals surface area contributed by atoms with E-state index in [0.29, 0.717) is 5.71 Å². The summed E-state index contributed by atoms with van der Waals surface area (Å²) >= 11 is 1.10. The smallest absolute Gasteiger partial charge is 0.273 e. The number of hydrogen-bond acceptors (Lipinski definition) is 5. The predicted molar refractivity (Wildman–Crippen MR) is 112 cm³/mol. The monoisotopic (exact) mass is 413 g/mol. The lowest BCUT2D eigenvalue weighted by atomic mass is 10.1. The minimum atomic E-state index is -3.75. The van der Waals surface area contributed by atoms with Gasteiger partial charge in [0, 0.05) is 0 Å². The number of para-hydroxylation sites is 1. The van der Waals surface area contributed by atoms with Crippen LogP contribution in [0.15, 0.2) is 75.4 Å². The van der Waals surface area contributed by atoms with Crippen LogP contribution < -0.4 is 10.1 Å². The molecule has 2 N–H and O–H groups in total. The van der Waals surface area contributed by atoms with Crippen LogP contribution in [0.5, 0.6) is 0 Å². The van der Waals surface area contributed by atoms with Gasteiger partial charge in [-0.2, -0.15) is 5.10 Å². The molecule has 0 fully saturated rings. The van der Waals surface area contributed by atoms with Crippen molar-refractivity contribution >= 4 is 38.7 Å². The lowest BCUT2D eigenvalue weighted by molar-refractivity contribution is 0.0955. The molecule has 6 nitrogen and oxygen atoms in total. The van der Waals surface area contributed by atoms with Gasteiger partial charge in [0.15, 0.2) is 0 Å². The van der Waals surface area contributed by atoms with Crippen molar-refractivity contribution in [2.75, 3.05) is 4.72 Å². The third-order valence-electron chi connectivity index (χ3n) is 3.97. The molecule has 1 aromatic heterocycles. The predicted octanol–water partition coefficient (Wildman–Crippen LogP) is 4.01. The van der Waals surface area contributed by atoms with Gasteiger partial charge in [-0.25, -0.2) is 13.8 Å². The van der Waals surface area contributed by atoms with Crippen molar-refractivity contribution < 1.29 is 13.2 Å². The van der Waals surface area contributed by atoms with E-state index in [1.54, 1.807) is 36.6 Å². The Morgan fingerprint density at radius 1 is 1.00 bits per heavy atom. The van der Waals surface area contributed by atoms with Gasteiger partial charge in [-0.1, -0.05) is 48.0 Å². The number of benzene rings is 2. The fourth-order valence-electron chi connectivity index (χ4n) is 2.44. The number of nitrogens with one attached hydrogen (secondary N) is 2. The molecule has 0 saturated carbocycles. The number of anilines is 1. The first-order valence-electron chi connectivity index (χ1n) is 8.44. The van der Waals surface area contributed by atoms with Crippen molar-refractivity contribution in [1.82, 2.24) is 5.43 Å². The van der Waals surface area contributed by atoms with Crippen LogP contribution in [-0.4, -0.2) is 20.0 Å². The zero-order chi connectivity index (χ0) is 20.1. The third kappa shape index (κ3) is 4.65. The average molecular weight is 414 g/mol. The van der Waals surface area contributed by atoms with Crippen molar-refractivity contribution in [3.05, 3.63) is 82.7 Å². The number of rotatable bonds is 6. The van der Waals surface area contributed by atoms with Crippen LogP contribution in [0.1, 0.15) is 28.4 Å². The molecule has 0 radical (unpaired) electrons. The van der Waals surface area contributed by atoms with E-state index >= 15 is 0 Å². The van der Waals surface area contributed by atoms with Gasteiger partial charge in [-0.3, -0.25) is 9.52 Å². The Bertz CT molecular complexity index is 1100. The molecule has 0 unspecified atom stereocenters. The van der Waals surface area contributed by atoms with Gasteiger partial charge < -0.3 is 0 Å². The Labute approximate surface area is 168 Å². The Hall–Kier alpha value is -2.97.